The molecule has 3 N–H and O–H groups in total. The lowest BCUT2D eigenvalue weighted by Crippen LogP contribution is -2.61. The maximum Gasteiger partial charge on any atom is 0.319 e. The highest BCUT2D eigenvalue weighted by Crippen LogP contribution is 2.40. The first kappa shape index (κ1) is 12.8. The van der Waals surface area contributed by atoms with E-state index in [2.05, 4.69) is 10.6 Å². The Morgan fingerprint density at radius 2 is 2.22 bits per heavy atom. The average Bonchev–Trinajstić information content (AvgIpc) is 2.28. The first-order valence-corrected chi connectivity index (χ1v) is 5.91. The van der Waals surface area contributed by atoms with Crippen LogP contribution >= 0.6 is 0 Å². The maximum absolute atomic E-state index is 12.9. The Hall–Kier alpha value is -1.62. The van der Waals surface area contributed by atoms with Gasteiger partial charge in [-0.25, -0.2) is 9.18 Å². The van der Waals surface area contributed by atoms with Gasteiger partial charge >= 0.3 is 6.03 Å². The summed E-state index contributed by atoms with van der Waals surface area (Å²) in [7, 11) is 0. The van der Waals surface area contributed by atoms with Crippen molar-refractivity contribution in [3.63, 3.8) is 0 Å². The molecule has 1 aromatic rings. The van der Waals surface area contributed by atoms with E-state index in [9.17, 15) is 14.3 Å². The zero-order valence-electron chi connectivity index (χ0n) is 10.4. The van der Waals surface area contributed by atoms with Gasteiger partial charge in [-0.3, -0.25) is 0 Å². The van der Waals surface area contributed by atoms with Gasteiger partial charge in [0.15, 0.2) is 0 Å². The van der Waals surface area contributed by atoms with Crippen LogP contribution in [0.5, 0.6) is 0 Å². The average molecular weight is 252 g/mol. The molecule has 4 nitrogen and oxygen atoms in total. The Kier molecular flexibility index (Phi) is 3.26. The van der Waals surface area contributed by atoms with Crippen LogP contribution in [-0.4, -0.2) is 23.3 Å². The number of rotatable bonds is 2. The number of hydrogen-bond acceptors (Lipinski definition) is 2. The molecule has 0 heterocycles. The van der Waals surface area contributed by atoms with Gasteiger partial charge in [0.1, 0.15) is 5.82 Å². The molecule has 98 valence electrons. The number of halogens is 1. The Morgan fingerprint density at radius 1 is 1.50 bits per heavy atom. The number of anilines is 1. The molecular weight excluding hydrogens is 235 g/mol. The van der Waals surface area contributed by atoms with Crippen molar-refractivity contribution in [3.8, 4) is 0 Å². The molecule has 1 aromatic carbocycles. The lowest BCUT2D eigenvalue weighted by atomic mass is 9.65. The van der Waals surface area contributed by atoms with Crippen LogP contribution in [0.4, 0.5) is 14.9 Å². The van der Waals surface area contributed by atoms with Gasteiger partial charge < -0.3 is 15.7 Å². The summed E-state index contributed by atoms with van der Waals surface area (Å²) in [5, 5.41) is 14.9. The maximum atomic E-state index is 12.9. The third-order valence-electron chi connectivity index (χ3n) is 3.60. The van der Waals surface area contributed by atoms with Gasteiger partial charge in [-0.15, -0.1) is 0 Å². The van der Waals surface area contributed by atoms with Crippen molar-refractivity contribution in [3.05, 3.63) is 30.1 Å². The number of nitrogens with one attached hydrogen (secondary N) is 2. The van der Waals surface area contributed by atoms with E-state index >= 15 is 0 Å². The lowest BCUT2D eigenvalue weighted by molar-refractivity contribution is -0.0673. The highest BCUT2D eigenvalue weighted by Gasteiger charge is 2.47. The largest absolute Gasteiger partial charge is 0.392 e. The van der Waals surface area contributed by atoms with Crippen molar-refractivity contribution in [1.29, 1.82) is 0 Å². The summed E-state index contributed by atoms with van der Waals surface area (Å²) >= 11 is 0. The molecule has 1 fully saturated rings. The molecule has 2 unspecified atom stereocenters. The molecule has 0 saturated heterocycles. The molecule has 5 heteroatoms. The Bertz CT molecular complexity index is 462. The van der Waals surface area contributed by atoms with Crippen molar-refractivity contribution >= 4 is 11.7 Å². The first-order valence-electron chi connectivity index (χ1n) is 5.91. The molecule has 1 aliphatic rings. The van der Waals surface area contributed by atoms with Gasteiger partial charge in [0.25, 0.3) is 0 Å². The predicted octanol–water partition coefficient (Wildman–Crippen LogP) is 2.11. The molecular formula is C13H17FN2O2. The predicted molar refractivity (Wildman–Crippen MR) is 66.7 cm³/mol. The summed E-state index contributed by atoms with van der Waals surface area (Å²) in [6.45, 7) is 3.79. The summed E-state index contributed by atoms with van der Waals surface area (Å²) < 4.78 is 12.9. The van der Waals surface area contributed by atoms with Crippen molar-refractivity contribution in [2.75, 3.05) is 5.32 Å². The van der Waals surface area contributed by atoms with Gasteiger partial charge in [0.2, 0.25) is 0 Å². The highest BCUT2D eigenvalue weighted by molar-refractivity contribution is 5.89. The minimum Gasteiger partial charge on any atom is -0.392 e. The summed E-state index contributed by atoms with van der Waals surface area (Å²) in [5.41, 5.74) is 0.0874. The quantitative estimate of drug-likeness (QED) is 0.755. The van der Waals surface area contributed by atoms with Crippen LogP contribution < -0.4 is 10.6 Å². The van der Waals surface area contributed by atoms with E-state index in [4.69, 9.17) is 0 Å². The topological polar surface area (TPSA) is 61.4 Å². The lowest BCUT2D eigenvalue weighted by Gasteiger charge is -2.49. The molecule has 2 amide bonds. The zero-order valence-corrected chi connectivity index (χ0v) is 10.4. The highest BCUT2D eigenvalue weighted by atomic mass is 19.1. The minimum atomic E-state index is -0.396. The van der Waals surface area contributed by atoms with E-state index in [1.165, 1.54) is 18.2 Å². The van der Waals surface area contributed by atoms with Crippen molar-refractivity contribution < 1.29 is 14.3 Å². The van der Waals surface area contributed by atoms with Crippen molar-refractivity contribution in [2.45, 2.75) is 32.4 Å². The van der Waals surface area contributed by atoms with Gasteiger partial charge in [0, 0.05) is 17.1 Å². The van der Waals surface area contributed by atoms with Gasteiger partial charge in [0.05, 0.1) is 6.10 Å². The van der Waals surface area contributed by atoms with E-state index in [0.29, 0.717) is 12.1 Å². The van der Waals surface area contributed by atoms with Gasteiger partial charge in [-0.05, 0) is 24.6 Å². The molecule has 0 spiro atoms. The van der Waals surface area contributed by atoms with E-state index < -0.39 is 11.9 Å². The molecule has 1 aliphatic carbocycles. The standard InChI is InChI=1S/C13H17FN2O2/c1-13(2)10(7-11(13)17)16-12(18)15-9-5-3-4-8(14)6-9/h3-6,10-11,17H,7H2,1-2H3,(H2,15,16,18). The van der Waals surface area contributed by atoms with Crippen LogP contribution in [0.2, 0.25) is 0 Å². The number of benzene rings is 1. The molecule has 0 radical (unpaired) electrons. The number of carbonyl (C=O) groups is 1. The second kappa shape index (κ2) is 4.57. The first-order chi connectivity index (χ1) is 8.39. The van der Waals surface area contributed by atoms with Crippen LogP contribution in [-0.2, 0) is 0 Å². The van der Waals surface area contributed by atoms with Crippen molar-refractivity contribution in [1.82, 2.24) is 5.32 Å². The number of hydrogen-bond donors (Lipinski definition) is 3. The van der Waals surface area contributed by atoms with Crippen LogP contribution in [0, 0.1) is 11.2 Å². The molecule has 0 aromatic heterocycles. The summed E-state index contributed by atoms with van der Waals surface area (Å²) in [5.74, 6) is -0.396. The molecule has 0 bridgehead atoms. The fourth-order valence-electron chi connectivity index (χ4n) is 2.04. The minimum absolute atomic E-state index is 0.0685. The normalized spacial score (nSPS) is 25.1. The number of aliphatic hydroxyl groups excluding tert-OH is 1. The fraction of sp³-hybridized carbons (Fsp3) is 0.462. The number of aliphatic hydroxyl groups is 1. The monoisotopic (exact) mass is 252 g/mol. The second-order valence-electron chi connectivity index (χ2n) is 5.23. The summed E-state index contributed by atoms with van der Waals surface area (Å²) in [6.07, 6.45) is 0.154. The number of carbonyl (C=O) groups excluding carboxylic acids is 1. The summed E-state index contributed by atoms with van der Waals surface area (Å²) in [6, 6.07) is 5.26. The summed E-state index contributed by atoms with van der Waals surface area (Å²) in [4.78, 5) is 11.7. The van der Waals surface area contributed by atoms with E-state index in [0.717, 1.165) is 0 Å². The smallest absolute Gasteiger partial charge is 0.319 e. The van der Waals surface area contributed by atoms with Crippen LogP contribution in [0.15, 0.2) is 24.3 Å². The SMILES string of the molecule is CC1(C)C(O)CC1NC(=O)Nc1cccc(F)c1. The third kappa shape index (κ3) is 2.46. The zero-order chi connectivity index (χ0) is 13.3. The van der Waals surface area contributed by atoms with Crippen LogP contribution in [0.25, 0.3) is 0 Å². The van der Waals surface area contributed by atoms with Gasteiger partial charge in [-0.1, -0.05) is 19.9 Å². The van der Waals surface area contributed by atoms with Crippen LogP contribution in [0.3, 0.4) is 0 Å². The van der Waals surface area contributed by atoms with E-state index in [1.54, 1.807) is 6.07 Å². The fourth-order valence-corrected chi connectivity index (χ4v) is 2.04. The Morgan fingerprint density at radius 3 is 2.78 bits per heavy atom. The molecule has 18 heavy (non-hydrogen) atoms. The number of amides is 2. The Balaban J connectivity index is 1.90. The van der Waals surface area contributed by atoms with E-state index in [-0.39, 0.29) is 17.5 Å². The molecule has 0 aliphatic heterocycles. The number of urea groups is 1. The molecule has 2 rings (SSSR count). The molecule has 1 saturated carbocycles. The van der Waals surface area contributed by atoms with Crippen molar-refractivity contribution in [2.24, 2.45) is 5.41 Å². The molecule has 2 atom stereocenters. The van der Waals surface area contributed by atoms with Crippen LogP contribution in [0.1, 0.15) is 20.3 Å². The van der Waals surface area contributed by atoms with E-state index in [1.807, 2.05) is 13.8 Å². The van der Waals surface area contributed by atoms with Gasteiger partial charge in [-0.2, -0.15) is 0 Å². The third-order valence-corrected chi connectivity index (χ3v) is 3.60. The second-order valence-corrected chi connectivity index (χ2v) is 5.23. The Labute approximate surface area is 105 Å².